The van der Waals surface area contributed by atoms with Crippen molar-refractivity contribution in [3.8, 4) is 5.75 Å². The molecule has 2 unspecified atom stereocenters. The highest BCUT2D eigenvalue weighted by Gasteiger charge is 2.46. The van der Waals surface area contributed by atoms with Gasteiger partial charge in [-0.05, 0) is 49.4 Å². The summed E-state index contributed by atoms with van der Waals surface area (Å²) in [5.74, 6) is 0.0436. The van der Waals surface area contributed by atoms with Crippen molar-refractivity contribution >= 4 is 5.97 Å². The Labute approximate surface area is 118 Å². The fraction of sp³-hybridized carbons (Fsp3) is 0.533. The molecule has 1 aliphatic rings. The average molecular weight is 281 g/mol. The lowest BCUT2D eigenvalue weighted by Crippen LogP contribution is -2.52. The second-order valence-corrected chi connectivity index (χ2v) is 5.21. The van der Waals surface area contributed by atoms with Crippen molar-refractivity contribution in [3.63, 3.8) is 0 Å². The maximum absolute atomic E-state index is 12.8. The van der Waals surface area contributed by atoms with Gasteiger partial charge in [0.05, 0.1) is 13.7 Å². The van der Waals surface area contributed by atoms with Crippen molar-refractivity contribution < 1.29 is 18.7 Å². The molecular formula is C15H20FNO3. The van der Waals surface area contributed by atoms with Crippen LogP contribution in [0.25, 0.3) is 0 Å². The Morgan fingerprint density at radius 2 is 2.15 bits per heavy atom. The van der Waals surface area contributed by atoms with Crippen LogP contribution in [-0.2, 0) is 9.53 Å². The summed E-state index contributed by atoms with van der Waals surface area (Å²) in [5.41, 5.74) is 5.29. The summed E-state index contributed by atoms with van der Waals surface area (Å²) in [6, 6.07) is 5.87. The number of carbonyl (C=O) groups is 1. The highest BCUT2D eigenvalue weighted by atomic mass is 19.1. The topological polar surface area (TPSA) is 61.5 Å². The van der Waals surface area contributed by atoms with Gasteiger partial charge in [0.2, 0.25) is 0 Å². The predicted octanol–water partition coefficient (Wildman–Crippen LogP) is 2.27. The van der Waals surface area contributed by atoms with Gasteiger partial charge in [-0.2, -0.15) is 0 Å². The first-order valence-electron chi connectivity index (χ1n) is 6.82. The van der Waals surface area contributed by atoms with E-state index in [9.17, 15) is 9.18 Å². The zero-order chi connectivity index (χ0) is 14.6. The van der Waals surface area contributed by atoms with E-state index in [1.807, 2.05) is 0 Å². The van der Waals surface area contributed by atoms with Gasteiger partial charge < -0.3 is 15.2 Å². The largest absolute Gasteiger partial charge is 0.494 e. The quantitative estimate of drug-likeness (QED) is 0.841. The SMILES string of the molecule is COC(=O)C1(N)CCCC1CCOc1ccc(F)cc1. The van der Waals surface area contributed by atoms with Crippen LogP contribution >= 0.6 is 0 Å². The third-order valence-corrected chi connectivity index (χ3v) is 3.99. The molecule has 0 aliphatic heterocycles. The lowest BCUT2D eigenvalue weighted by molar-refractivity contribution is -0.148. The normalized spacial score (nSPS) is 25.4. The third-order valence-electron chi connectivity index (χ3n) is 3.99. The van der Waals surface area contributed by atoms with E-state index < -0.39 is 5.54 Å². The Morgan fingerprint density at radius 1 is 1.45 bits per heavy atom. The Kier molecular flexibility index (Phi) is 4.60. The monoisotopic (exact) mass is 281 g/mol. The second kappa shape index (κ2) is 6.22. The number of halogens is 1. The minimum Gasteiger partial charge on any atom is -0.494 e. The minimum atomic E-state index is -0.888. The number of hydrogen-bond donors (Lipinski definition) is 1. The number of ether oxygens (including phenoxy) is 2. The molecule has 4 nitrogen and oxygen atoms in total. The van der Waals surface area contributed by atoms with E-state index in [0.717, 1.165) is 12.8 Å². The molecule has 110 valence electrons. The van der Waals surface area contributed by atoms with E-state index in [2.05, 4.69) is 0 Å². The molecule has 0 spiro atoms. The van der Waals surface area contributed by atoms with Gasteiger partial charge in [0, 0.05) is 0 Å². The standard InChI is InChI=1S/C15H20FNO3/c1-19-14(18)15(17)9-2-3-11(15)8-10-20-13-6-4-12(16)5-7-13/h4-7,11H,2-3,8-10,17H2,1H3. The molecule has 0 heterocycles. The van der Waals surface area contributed by atoms with Gasteiger partial charge in [0.15, 0.2) is 0 Å². The second-order valence-electron chi connectivity index (χ2n) is 5.21. The highest BCUT2D eigenvalue weighted by molar-refractivity contribution is 5.81. The molecule has 1 aromatic carbocycles. The molecular weight excluding hydrogens is 261 g/mol. The van der Waals surface area contributed by atoms with Crippen LogP contribution in [0.4, 0.5) is 4.39 Å². The predicted molar refractivity (Wildman–Crippen MR) is 72.8 cm³/mol. The van der Waals surface area contributed by atoms with Gasteiger partial charge in [-0.15, -0.1) is 0 Å². The lowest BCUT2D eigenvalue weighted by Gasteiger charge is -2.28. The van der Waals surface area contributed by atoms with Crippen LogP contribution in [0.2, 0.25) is 0 Å². The van der Waals surface area contributed by atoms with Crippen LogP contribution in [-0.4, -0.2) is 25.2 Å². The van der Waals surface area contributed by atoms with Gasteiger partial charge in [-0.1, -0.05) is 6.42 Å². The van der Waals surface area contributed by atoms with E-state index in [1.165, 1.54) is 19.2 Å². The summed E-state index contributed by atoms with van der Waals surface area (Å²) in [6.45, 7) is 0.451. The van der Waals surface area contributed by atoms with E-state index in [1.54, 1.807) is 12.1 Å². The molecule has 0 amide bonds. The smallest absolute Gasteiger partial charge is 0.326 e. The van der Waals surface area contributed by atoms with Gasteiger partial charge >= 0.3 is 5.97 Å². The fourth-order valence-electron chi connectivity index (χ4n) is 2.81. The number of carbonyl (C=O) groups excluding carboxylic acids is 1. The molecule has 2 atom stereocenters. The van der Waals surface area contributed by atoms with Crippen LogP contribution in [0.15, 0.2) is 24.3 Å². The minimum absolute atomic E-state index is 0.0652. The van der Waals surface area contributed by atoms with E-state index in [0.29, 0.717) is 25.2 Å². The summed E-state index contributed by atoms with van der Waals surface area (Å²) in [5, 5.41) is 0. The van der Waals surface area contributed by atoms with E-state index >= 15 is 0 Å². The zero-order valence-corrected chi connectivity index (χ0v) is 11.6. The maximum atomic E-state index is 12.8. The first-order chi connectivity index (χ1) is 9.56. The molecule has 20 heavy (non-hydrogen) atoms. The van der Waals surface area contributed by atoms with Crippen molar-refractivity contribution in [2.45, 2.75) is 31.2 Å². The number of rotatable bonds is 5. The van der Waals surface area contributed by atoms with Crippen LogP contribution in [0.3, 0.4) is 0 Å². The molecule has 5 heteroatoms. The summed E-state index contributed by atoms with van der Waals surface area (Å²) < 4.78 is 23.1. The van der Waals surface area contributed by atoms with Crippen molar-refractivity contribution in [3.05, 3.63) is 30.1 Å². The van der Waals surface area contributed by atoms with Crippen molar-refractivity contribution in [1.29, 1.82) is 0 Å². The first-order valence-corrected chi connectivity index (χ1v) is 6.82. The number of esters is 1. The maximum Gasteiger partial charge on any atom is 0.326 e. The van der Waals surface area contributed by atoms with Gasteiger partial charge in [0.25, 0.3) is 0 Å². The van der Waals surface area contributed by atoms with Crippen molar-refractivity contribution in [2.24, 2.45) is 11.7 Å². The lowest BCUT2D eigenvalue weighted by atomic mass is 9.86. The molecule has 1 fully saturated rings. The Bertz CT molecular complexity index is 463. The Morgan fingerprint density at radius 3 is 2.80 bits per heavy atom. The highest BCUT2D eigenvalue weighted by Crippen LogP contribution is 2.36. The van der Waals surface area contributed by atoms with Crippen LogP contribution < -0.4 is 10.5 Å². The fourth-order valence-corrected chi connectivity index (χ4v) is 2.81. The van der Waals surface area contributed by atoms with Crippen LogP contribution in [0, 0.1) is 11.7 Å². The molecule has 2 N–H and O–H groups in total. The third kappa shape index (κ3) is 3.10. The molecule has 0 radical (unpaired) electrons. The number of methoxy groups -OCH3 is 1. The Hall–Kier alpha value is -1.62. The summed E-state index contributed by atoms with van der Waals surface area (Å²) >= 11 is 0. The van der Waals surface area contributed by atoms with E-state index in [-0.39, 0.29) is 17.7 Å². The van der Waals surface area contributed by atoms with Crippen LogP contribution in [0.1, 0.15) is 25.7 Å². The number of nitrogens with two attached hydrogens (primary N) is 1. The van der Waals surface area contributed by atoms with Gasteiger partial charge in [-0.25, -0.2) is 4.39 Å². The van der Waals surface area contributed by atoms with E-state index in [4.69, 9.17) is 15.2 Å². The van der Waals surface area contributed by atoms with Gasteiger partial charge in [-0.3, -0.25) is 4.79 Å². The Balaban J connectivity index is 1.87. The van der Waals surface area contributed by atoms with Crippen molar-refractivity contribution in [2.75, 3.05) is 13.7 Å². The average Bonchev–Trinajstić information content (AvgIpc) is 2.83. The van der Waals surface area contributed by atoms with Crippen molar-refractivity contribution in [1.82, 2.24) is 0 Å². The molecule has 0 saturated heterocycles. The molecule has 2 rings (SSSR count). The number of benzene rings is 1. The van der Waals surface area contributed by atoms with Crippen LogP contribution in [0.5, 0.6) is 5.75 Å². The zero-order valence-electron chi connectivity index (χ0n) is 11.6. The molecule has 0 aromatic heterocycles. The summed E-state index contributed by atoms with van der Waals surface area (Å²) in [7, 11) is 1.36. The molecule has 1 aliphatic carbocycles. The van der Waals surface area contributed by atoms with Gasteiger partial charge in [0.1, 0.15) is 17.1 Å². The summed E-state index contributed by atoms with van der Waals surface area (Å²) in [4.78, 5) is 11.8. The molecule has 0 bridgehead atoms. The first kappa shape index (κ1) is 14.8. The summed E-state index contributed by atoms with van der Waals surface area (Å²) in [6.07, 6.45) is 3.16. The molecule has 1 aromatic rings. The number of hydrogen-bond acceptors (Lipinski definition) is 4. The molecule has 1 saturated carbocycles.